The van der Waals surface area contributed by atoms with Crippen LogP contribution in [-0.2, 0) is 0 Å². The molecule has 0 saturated heterocycles. The molecule has 0 aliphatic carbocycles. The van der Waals surface area contributed by atoms with Crippen LogP contribution in [0.5, 0.6) is 0 Å². The number of hydrogen-bond donors (Lipinski definition) is 1. The molecule has 0 bridgehead atoms. The molecule has 0 radical (unpaired) electrons. The third-order valence-electron chi connectivity index (χ3n) is 4.24. The summed E-state index contributed by atoms with van der Waals surface area (Å²) in [5.41, 5.74) is -0.526. The molecule has 0 aliphatic rings. The van der Waals surface area contributed by atoms with E-state index in [9.17, 15) is 19.5 Å². The number of carbonyl (C=O) groups is 3. The predicted octanol–water partition coefficient (Wildman–Crippen LogP) is 3.49. The summed E-state index contributed by atoms with van der Waals surface area (Å²) < 4.78 is 0. The number of aliphatic hydroxyl groups is 1. The summed E-state index contributed by atoms with van der Waals surface area (Å²) in [6.45, 7) is 3.50. The number of Topliss-reactive ketones (excluding diaryl/α,β-unsaturated/α-hetero) is 3. The van der Waals surface area contributed by atoms with Gasteiger partial charge in [-0.1, -0.05) is 68.4 Å². The Morgan fingerprint density at radius 1 is 0.750 bits per heavy atom. The average molecular weight is 324 g/mol. The zero-order valence-corrected chi connectivity index (χ0v) is 13.8. The molecule has 1 N–H and O–H groups in total. The molecule has 2 aromatic rings. The lowest BCUT2D eigenvalue weighted by Gasteiger charge is -2.23. The van der Waals surface area contributed by atoms with E-state index in [0.717, 1.165) is 0 Å². The highest BCUT2D eigenvalue weighted by Crippen LogP contribution is 2.21. The monoisotopic (exact) mass is 324 g/mol. The molecule has 2 rings (SSSR count). The molecule has 0 spiro atoms. The molecule has 0 fully saturated rings. The van der Waals surface area contributed by atoms with Gasteiger partial charge in [0.15, 0.2) is 5.78 Å². The van der Waals surface area contributed by atoms with Gasteiger partial charge in [0.1, 0.15) is 5.60 Å². The molecule has 4 nitrogen and oxygen atoms in total. The van der Waals surface area contributed by atoms with Crippen LogP contribution in [-0.4, -0.2) is 28.1 Å². The van der Waals surface area contributed by atoms with E-state index in [-0.39, 0.29) is 11.3 Å². The Morgan fingerprint density at radius 3 is 1.62 bits per heavy atom. The molecule has 0 aromatic heterocycles. The first kappa shape index (κ1) is 17.8. The molecule has 2 aromatic carbocycles. The van der Waals surface area contributed by atoms with E-state index in [4.69, 9.17) is 0 Å². The molecule has 4 heteroatoms. The van der Waals surface area contributed by atoms with E-state index >= 15 is 0 Å². The highest BCUT2D eigenvalue weighted by Gasteiger charge is 2.32. The van der Waals surface area contributed by atoms with E-state index < -0.39 is 17.2 Å². The first-order valence-electron chi connectivity index (χ1n) is 7.94. The fourth-order valence-corrected chi connectivity index (χ4v) is 2.46. The molecule has 0 saturated carbocycles. The zero-order chi connectivity index (χ0) is 17.7. The molecule has 0 heterocycles. The van der Waals surface area contributed by atoms with Gasteiger partial charge in [-0.3, -0.25) is 14.4 Å². The van der Waals surface area contributed by atoms with E-state index in [1.807, 2.05) is 0 Å². The van der Waals surface area contributed by atoms with Crippen molar-refractivity contribution < 1.29 is 19.5 Å². The van der Waals surface area contributed by atoms with Crippen LogP contribution in [0, 0.1) is 0 Å². The largest absolute Gasteiger partial charge is 0.382 e. The number of rotatable bonds is 7. The highest BCUT2D eigenvalue weighted by atomic mass is 16.3. The van der Waals surface area contributed by atoms with Crippen LogP contribution < -0.4 is 0 Å². The van der Waals surface area contributed by atoms with Gasteiger partial charge in [0.25, 0.3) is 0 Å². The second-order valence-corrected chi connectivity index (χ2v) is 5.67. The van der Waals surface area contributed by atoms with Crippen LogP contribution in [0.1, 0.15) is 57.8 Å². The topological polar surface area (TPSA) is 71.4 Å². The lowest BCUT2D eigenvalue weighted by molar-refractivity contribution is 0.0277. The molecule has 0 amide bonds. The average Bonchev–Trinajstić information content (AvgIpc) is 2.66. The van der Waals surface area contributed by atoms with Crippen molar-refractivity contribution in [1.82, 2.24) is 0 Å². The van der Waals surface area contributed by atoms with E-state index in [1.54, 1.807) is 44.2 Å². The van der Waals surface area contributed by atoms with Crippen LogP contribution in [0.3, 0.4) is 0 Å². The molecule has 124 valence electrons. The van der Waals surface area contributed by atoms with Gasteiger partial charge in [-0.15, -0.1) is 0 Å². The van der Waals surface area contributed by atoms with E-state index in [1.165, 1.54) is 24.3 Å². The minimum Gasteiger partial charge on any atom is -0.382 e. The van der Waals surface area contributed by atoms with Crippen molar-refractivity contribution in [2.75, 3.05) is 0 Å². The maximum absolute atomic E-state index is 12.4. The van der Waals surface area contributed by atoms with Crippen LogP contribution in [0.2, 0.25) is 0 Å². The van der Waals surface area contributed by atoms with Crippen molar-refractivity contribution in [3.8, 4) is 0 Å². The number of hydrogen-bond acceptors (Lipinski definition) is 4. The first-order valence-corrected chi connectivity index (χ1v) is 7.94. The summed E-state index contributed by atoms with van der Waals surface area (Å²) in [6.07, 6.45) is 0.630. The van der Waals surface area contributed by atoms with Crippen LogP contribution in [0.25, 0.3) is 0 Å². The highest BCUT2D eigenvalue weighted by molar-refractivity contribution is 6.49. The Balaban J connectivity index is 2.22. The molecular weight excluding hydrogens is 304 g/mol. The third kappa shape index (κ3) is 3.49. The van der Waals surface area contributed by atoms with Gasteiger partial charge in [-0.2, -0.15) is 0 Å². The van der Waals surface area contributed by atoms with Crippen LogP contribution in [0.4, 0.5) is 0 Å². The number of benzene rings is 2. The maximum Gasteiger partial charge on any atom is 0.233 e. The second kappa shape index (κ2) is 7.32. The van der Waals surface area contributed by atoms with Crippen molar-refractivity contribution in [2.24, 2.45) is 0 Å². The van der Waals surface area contributed by atoms with Crippen molar-refractivity contribution in [2.45, 2.75) is 32.3 Å². The minimum absolute atomic E-state index is 0.219. The van der Waals surface area contributed by atoms with Crippen molar-refractivity contribution in [1.29, 1.82) is 0 Å². The first-order chi connectivity index (χ1) is 11.4. The summed E-state index contributed by atoms with van der Waals surface area (Å²) in [6, 6.07) is 14.2. The summed E-state index contributed by atoms with van der Waals surface area (Å²) in [4.78, 5) is 36.8. The van der Waals surface area contributed by atoms with Gasteiger partial charge < -0.3 is 5.11 Å². The van der Waals surface area contributed by atoms with Crippen molar-refractivity contribution in [3.05, 3.63) is 71.3 Å². The van der Waals surface area contributed by atoms with Crippen LogP contribution >= 0.6 is 0 Å². The number of carbonyl (C=O) groups excluding carboxylic acids is 3. The smallest absolute Gasteiger partial charge is 0.233 e. The van der Waals surface area contributed by atoms with Gasteiger partial charge >= 0.3 is 0 Å². The van der Waals surface area contributed by atoms with Crippen molar-refractivity contribution >= 4 is 17.3 Å². The summed E-state index contributed by atoms with van der Waals surface area (Å²) in [5.74, 6) is -1.59. The minimum atomic E-state index is -1.40. The van der Waals surface area contributed by atoms with Gasteiger partial charge in [0, 0.05) is 16.7 Å². The normalized spacial score (nSPS) is 11.1. The summed E-state index contributed by atoms with van der Waals surface area (Å²) >= 11 is 0. The molecule has 0 atom stereocenters. The number of ketones is 3. The fourth-order valence-electron chi connectivity index (χ4n) is 2.46. The molecule has 0 unspecified atom stereocenters. The predicted molar refractivity (Wildman–Crippen MR) is 91.4 cm³/mol. The van der Waals surface area contributed by atoms with Gasteiger partial charge in [0.2, 0.25) is 11.6 Å². The van der Waals surface area contributed by atoms with Gasteiger partial charge in [0.05, 0.1) is 0 Å². The molecule has 0 aliphatic heterocycles. The second-order valence-electron chi connectivity index (χ2n) is 5.67. The van der Waals surface area contributed by atoms with Crippen LogP contribution in [0.15, 0.2) is 54.6 Å². The maximum atomic E-state index is 12.4. The quantitative estimate of drug-likeness (QED) is 0.625. The molecular formula is C20H20O4. The summed E-state index contributed by atoms with van der Waals surface area (Å²) in [5, 5.41) is 10.3. The van der Waals surface area contributed by atoms with E-state index in [2.05, 4.69) is 0 Å². The third-order valence-corrected chi connectivity index (χ3v) is 4.24. The Labute approximate surface area is 141 Å². The van der Waals surface area contributed by atoms with Gasteiger partial charge in [-0.25, -0.2) is 0 Å². The Kier molecular flexibility index (Phi) is 5.42. The van der Waals surface area contributed by atoms with E-state index in [0.29, 0.717) is 24.0 Å². The Hall–Kier alpha value is -2.59. The molecule has 24 heavy (non-hydrogen) atoms. The summed E-state index contributed by atoms with van der Waals surface area (Å²) in [7, 11) is 0. The standard InChI is InChI=1S/C20H20O4/c1-3-20(24,4-2)19(23)16-12-10-15(11-13-16)18(22)17(21)14-8-6-5-7-9-14/h5-13,24H,3-4H2,1-2H3. The zero-order valence-electron chi connectivity index (χ0n) is 13.8. The fraction of sp³-hybridized carbons (Fsp3) is 0.250. The SMILES string of the molecule is CCC(O)(CC)C(=O)c1ccc(C(=O)C(=O)c2ccccc2)cc1. The Bertz CT molecular complexity index is 741. The Morgan fingerprint density at radius 2 is 1.17 bits per heavy atom. The lowest BCUT2D eigenvalue weighted by Crippen LogP contribution is -2.37. The van der Waals surface area contributed by atoms with Crippen molar-refractivity contribution in [3.63, 3.8) is 0 Å². The lowest BCUT2D eigenvalue weighted by atomic mass is 9.87. The van der Waals surface area contributed by atoms with Gasteiger partial charge in [-0.05, 0) is 12.8 Å².